The van der Waals surface area contributed by atoms with Crippen molar-refractivity contribution in [2.75, 3.05) is 13.7 Å². The molecule has 0 radical (unpaired) electrons. The minimum atomic E-state index is -0.393. The van der Waals surface area contributed by atoms with Crippen molar-refractivity contribution < 1.29 is 14.3 Å². The number of aromatic nitrogens is 1. The molecule has 2 aromatic carbocycles. The molecule has 1 aromatic heterocycles. The maximum Gasteiger partial charge on any atom is 0.337 e. The standard InChI is InChI=1S/C25H25N3O3S/c1-5-27-23(29)22(14-18-15-28(16(2)3)21-9-7-6-8-20(18)21)32-25(27)26-19-12-10-17(11-13-19)24(30)31-4/h6-16H,5H2,1-4H3/b22-14+,26-25?. The number of benzene rings is 2. The number of hydrogen-bond acceptors (Lipinski definition) is 5. The van der Waals surface area contributed by atoms with E-state index in [0.29, 0.717) is 33.9 Å². The Morgan fingerprint density at radius 3 is 2.53 bits per heavy atom. The minimum Gasteiger partial charge on any atom is -0.465 e. The SMILES string of the molecule is CCN1C(=O)/C(=C\c2cn(C(C)C)c3ccccc23)SC1=Nc1ccc(C(=O)OC)cc1. The second kappa shape index (κ2) is 9.04. The van der Waals surface area contributed by atoms with Crippen LogP contribution in [-0.4, -0.2) is 40.2 Å². The number of likely N-dealkylation sites (N-methyl/N-ethyl adjacent to an activating group) is 1. The Balaban J connectivity index is 1.69. The first-order valence-electron chi connectivity index (χ1n) is 10.5. The van der Waals surface area contributed by atoms with E-state index >= 15 is 0 Å². The van der Waals surface area contributed by atoms with Gasteiger partial charge in [-0.15, -0.1) is 0 Å². The lowest BCUT2D eigenvalue weighted by Gasteiger charge is -2.12. The number of nitrogens with zero attached hydrogens (tertiary/aromatic N) is 3. The largest absolute Gasteiger partial charge is 0.465 e. The van der Waals surface area contributed by atoms with Gasteiger partial charge in [-0.3, -0.25) is 9.69 Å². The van der Waals surface area contributed by atoms with Crippen molar-refractivity contribution >= 4 is 51.5 Å². The highest BCUT2D eigenvalue weighted by Crippen LogP contribution is 2.36. The molecule has 7 heteroatoms. The van der Waals surface area contributed by atoms with Gasteiger partial charge in [-0.1, -0.05) is 18.2 Å². The molecule has 2 heterocycles. The minimum absolute atomic E-state index is 0.0520. The summed E-state index contributed by atoms with van der Waals surface area (Å²) in [5.74, 6) is -0.445. The molecule has 0 saturated carbocycles. The summed E-state index contributed by atoms with van der Waals surface area (Å²) in [6, 6.07) is 15.4. The number of carbonyl (C=O) groups is 2. The summed E-state index contributed by atoms with van der Waals surface area (Å²) < 4.78 is 6.96. The topological polar surface area (TPSA) is 63.9 Å². The molecule has 1 aliphatic rings. The third-order valence-corrected chi connectivity index (χ3v) is 6.34. The fraction of sp³-hybridized carbons (Fsp3) is 0.240. The van der Waals surface area contributed by atoms with E-state index in [4.69, 9.17) is 4.74 Å². The highest BCUT2D eigenvalue weighted by molar-refractivity contribution is 8.18. The van der Waals surface area contributed by atoms with Crippen LogP contribution in [0.15, 0.2) is 64.6 Å². The van der Waals surface area contributed by atoms with E-state index in [1.54, 1.807) is 29.2 Å². The Bertz CT molecular complexity index is 1240. The van der Waals surface area contributed by atoms with Crippen LogP contribution in [0.25, 0.3) is 17.0 Å². The lowest BCUT2D eigenvalue weighted by atomic mass is 10.1. The number of fused-ring (bicyclic) bond motifs is 1. The van der Waals surface area contributed by atoms with Crippen LogP contribution in [0, 0.1) is 0 Å². The van der Waals surface area contributed by atoms with Crippen molar-refractivity contribution in [3.63, 3.8) is 0 Å². The maximum absolute atomic E-state index is 13.1. The summed E-state index contributed by atoms with van der Waals surface area (Å²) in [6.07, 6.45) is 4.06. The molecular formula is C25H25N3O3S. The van der Waals surface area contributed by atoms with Crippen molar-refractivity contribution in [1.29, 1.82) is 0 Å². The summed E-state index contributed by atoms with van der Waals surface area (Å²) in [4.78, 5) is 31.7. The van der Waals surface area contributed by atoms with Gasteiger partial charge < -0.3 is 9.30 Å². The fourth-order valence-electron chi connectivity index (χ4n) is 3.69. The third kappa shape index (κ3) is 4.08. The van der Waals surface area contributed by atoms with E-state index in [1.165, 1.54) is 18.9 Å². The average Bonchev–Trinajstić information content (AvgIpc) is 3.31. The van der Waals surface area contributed by atoms with Crippen molar-refractivity contribution in [1.82, 2.24) is 9.47 Å². The number of esters is 1. The van der Waals surface area contributed by atoms with Gasteiger partial charge in [0.2, 0.25) is 0 Å². The molecule has 0 unspecified atom stereocenters. The first-order valence-corrected chi connectivity index (χ1v) is 11.3. The van der Waals surface area contributed by atoms with Gasteiger partial charge in [-0.05, 0) is 68.9 Å². The molecule has 0 bridgehead atoms. The van der Waals surface area contributed by atoms with Crippen LogP contribution in [0.3, 0.4) is 0 Å². The van der Waals surface area contributed by atoms with E-state index in [9.17, 15) is 9.59 Å². The molecule has 6 nitrogen and oxygen atoms in total. The first kappa shape index (κ1) is 21.9. The van der Waals surface area contributed by atoms with E-state index < -0.39 is 5.97 Å². The fourth-order valence-corrected chi connectivity index (χ4v) is 4.74. The molecule has 3 aromatic rings. The molecule has 1 amide bonds. The summed E-state index contributed by atoms with van der Waals surface area (Å²) in [5, 5.41) is 1.75. The number of para-hydroxylation sites is 1. The van der Waals surface area contributed by atoms with Crippen LogP contribution < -0.4 is 0 Å². The predicted octanol–water partition coefficient (Wildman–Crippen LogP) is 5.63. The number of amides is 1. The zero-order valence-electron chi connectivity index (χ0n) is 18.5. The molecular weight excluding hydrogens is 422 g/mol. The second-order valence-corrected chi connectivity index (χ2v) is 8.70. The molecule has 0 aliphatic carbocycles. The molecule has 0 N–H and O–H groups in total. The van der Waals surface area contributed by atoms with Crippen molar-refractivity contribution in [3.05, 3.63) is 70.8 Å². The molecule has 0 spiro atoms. The number of aliphatic imine (C=N–C) groups is 1. The number of hydrogen-bond donors (Lipinski definition) is 0. The summed E-state index contributed by atoms with van der Waals surface area (Å²) in [6.45, 7) is 6.75. The molecule has 164 valence electrons. The van der Waals surface area contributed by atoms with Gasteiger partial charge in [0.1, 0.15) is 0 Å². The molecule has 1 saturated heterocycles. The molecule has 32 heavy (non-hydrogen) atoms. The van der Waals surface area contributed by atoms with Gasteiger partial charge in [-0.25, -0.2) is 9.79 Å². The van der Waals surface area contributed by atoms with Crippen LogP contribution in [0.5, 0.6) is 0 Å². The van der Waals surface area contributed by atoms with Crippen molar-refractivity contribution in [3.8, 4) is 0 Å². The summed E-state index contributed by atoms with van der Waals surface area (Å²) in [5.41, 5.74) is 3.30. The van der Waals surface area contributed by atoms with Crippen molar-refractivity contribution in [2.24, 2.45) is 4.99 Å². The van der Waals surface area contributed by atoms with E-state index in [0.717, 1.165) is 16.5 Å². The molecule has 1 fully saturated rings. The summed E-state index contributed by atoms with van der Waals surface area (Å²) >= 11 is 1.37. The number of carbonyl (C=O) groups excluding carboxylic acids is 2. The van der Waals surface area contributed by atoms with Crippen LogP contribution >= 0.6 is 11.8 Å². The van der Waals surface area contributed by atoms with Crippen molar-refractivity contribution in [2.45, 2.75) is 26.8 Å². The molecule has 0 atom stereocenters. The van der Waals surface area contributed by atoms with Gasteiger partial charge in [0, 0.05) is 35.2 Å². The van der Waals surface area contributed by atoms with Gasteiger partial charge in [0.25, 0.3) is 5.91 Å². The first-order chi connectivity index (χ1) is 15.4. The Hall–Kier alpha value is -3.32. The number of thioether (sulfide) groups is 1. The van der Waals surface area contributed by atoms with Gasteiger partial charge >= 0.3 is 5.97 Å². The highest BCUT2D eigenvalue weighted by Gasteiger charge is 2.32. The molecule has 1 aliphatic heterocycles. The smallest absolute Gasteiger partial charge is 0.337 e. The van der Waals surface area contributed by atoms with E-state index in [2.05, 4.69) is 41.7 Å². The number of ether oxygens (including phenoxy) is 1. The van der Waals surface area contributed by atoms with Crippen LogP contribution in [0.1, 0.15) is 42.7 Å². The van der Waals surface area contributed by atoms with E-state index in [1.807, 2.05) is 25.1 Å². The Labute approximate surface area is 191 Å². The summed E-state index contributed by atoms with van der Waals surface area (Å²) in [7, 11) is 1.35. The highest BCUT2D eigenvalue weighted by atomic mass is 32.2. The van der Waals surface area contributed by atoms with Gasteiger partial charge in [-0.2, -0.15) is 0 Å². The maximum atomic E-state index is 13.1. The van der Waals surface area contributed by atoms with E-state index in [-0.39, 0.29) is 5.91 Å². The molecule has 4 rings (SSSR count). The average molecular weight is 448 g/mol. The predicted molar refractivity (Wildman–Crippen MR) is 130 cm³/mol. The van der Waals surface area contributed by atoms with Gasteiger partial charge in [0.05, 0.1) is 23.3 Å². The lowest BCUT2D eigenvalue weighted by Crippen LogP contribution is -2.28. The second-order valence-electron chi connectivity index (χ2n) is 7.70. The Morgan fingerprint density at radius 2 is 1.88 bits per heavy atom. The number of methoxy groups -OCH3 is 1. The Morgan fingerprint density at radius 1 is 1.16 bits per heavy atom. The van der Waals surface area contributed by atoms with Gasteiger partial charge in [0.15, 0.2) is 5.17 Å². The third-order valence-electron chi connectivity index (χ3n) is 5.33. The number of rotatable bonds is 5. The van der Waals surface area contributed by atoms with Crippen LogP contribution in [0.4, 0.5) is 5.69 Å². The zero-order valence-corrected chi connectivity index (χ0v) is 19.3. The zero-order chi connectivity index (χ0) is 22.8. The lowest BCUT2D eigenvalue weighted by molar-refractivity contribution is -0.122. The van der Waals surface area contributed by atoms with Crippen LogP contribution in [-0.2, 0) is 9.53 Å². The Kier molecular flexibility index (Phi) is 6.19. The quantitative estimate of drug-likeness (QED) is 0.375. The normalized spacial score (nSPS) is 16.7. The van der Waals surface area contributed by atoms with Crippen LogP contribution in [0.2, 0.25) is 0 Å². The number of amidine groups is 1. The monoisotopic (exact) mass is 447 g/mol.